The van der Waals surface area contributed by atoms with E-state index in [9.17, 15) is 9.59 Å². The number of cyclic esters (lactones) is 1. The molecular formula is C23H19NO4. The van der Waals surface area contributed by atoms with E-state index in [2.05, 4.69) is 5.32 Å². The highest BCUT2D eigenvalue weighted by Crippen LogP contribution is 2.30. The van der Waals surface area contributed by atoms with Gasteiger partial charge in [-0.2, -0.15) is 0 Å². The summed E-state index contributed by atoms with van der Waals surface area (Å²) in [6, 6.07) is 23.7. The van der Waals surface area contributed by atoms with Gasteiger partial charge in [0.15, 0.2) is 5.60 Å². The molecule has 0 saturated heterocycles. The van der Waals surface area contributed by atoms with Gasteiger partial charge in [-0.25, -0.2) is 4.79 Å². The van der Waals surface area contributed by atoms with E-state index in [0.717, 1.165) is 11.3 Å². The number of esters is 1. The zero-order valence-corrected chi connectivity index (χ0v) is 15.3. The topological polar surface area (TPSA) is 64.6 Å². The molecule has 1 aliphatic rings. The molecule has 1 amide bonds. The van der Waals surface area contributed by atoms with E-state index in [4.69, 9.17) is 9.47 Å². The summed E-state index contributed by atoms with van der Waals surface area (Å²) in [7, 11) is 0. The van der Waals surface area contributed by atoms with Gasteiger partial charge >= 0.3 is 5.97 Å². The lowest BCUT2D eigenvalue weighted by atomic mass is 9.89. The van der Waals surface area contributed by atoms with Crippen molar-refractivity contribution in [3.63, 3.8) is 0 Å². The third kappa shape index (κ3) is 3.60. The normalized spacial score (nSPS) is 18.0. The van der Waals surface area contributed by atoms with Crippen LogP contribution in [0.3, 0.4) is 0 Å². The maximum Gasteiger partial charge on any atom is 0.339 e. The molecule has 0 spiro atoms. The zero-order valence-electron chi connectivity index (χ0n) is 15.3. The summed E-state index contributed by atoms with van der Waals surface area (Å²) in [5.74, 6) is 0.547. The van der Waals surface area contributed by atoms with Gasteiger partial charge in [0.1, 0.15) is 11.5 Å². The standard InChI is InChI=1S/C23H19NO4/c1-23(15-16-7-5-6-10-20(16)21(25)28-23)22(26)24-17-11-13-19(14-12-17)27-18-8-3-2-4-9-18/h2-14H,15H2,1H3,(H,24,26). The quantitative estimate of drug-likeness (QED) is 0.680. The summed E-state index contributed by atoms with van der Waals surface area (Å²) >= 11 is 0. The minimum atomic E-state index is -1.26. The van der Waals surface area contributed by atoms with Crippen molar-refractivity contribution in [2.45, 2.75) is 18.9 Å². The largest absolute Gasteiger partial charge is 0.457 e. The molecule has 3 aromatic rings. The van der Waals surface area contributed by atoms with Gasteiger partial charge in [-0.15, -0.1) is 0 Å². The molecule has 0 aromatic heterocycles. The summed E-state index contributed by atoms with van der Waals surface area (Å²) < 4.78 is 11.2. The van der Waals surface area contributed by atoms with Crippen molar-refractivity contribution in [3.8, 4) is 11.5 Å². The highest BCUT2D eigenvalue weighted by atomic mass is 16.6. The Balaban J connectivity index is 1.46. The Morgan fingerprint density at radius 3 is 2.32 bits per heavy atom. The van der Waals surface area contributed by atoms with E-state index >= 15 is 0 Å². The molecule has 0 fully saturated rings. The second kappa shape index (κ2) is 7.19. The van der Waals surface area contributed by atoms with Gasteiger partial charge in [-0.05, 0) is 55.0 Å². The second-order valence-electron chi connectivity index (χ2n) is 6.85. The highest BCUT2D eigenvalue weighted by molar-refractivity contribution is 6.02. The minimum absolute atomic E-state index is 0.329. The van der Waals surface area contributed by atoms with Gasteiger partial charge in [-0.1, -0.05) is 36.4 Å². The Bertz CT molecular complexity index is 1010. The van der Waals surface area contributed by atoms with Crippen LogP contribution in [0.2, 0.25) is 0 Å². The van der Waals surface area contributed by atoms with Crippen LogP contribution in [-0.2, 0) is 16.0 Å². The molecule has 3 aromatic carbocycles. The van der Waals surface area contributed by atoms with Crippen molar-refractivity contribution in [2.24, 2.45) is 0 Å². The number of fused-ring (bicyclic) bond motifs is 1. The lowest BCUT2D eigenvalue weighted by Crippen LogP contribution is -2.48. The second-order valence-corrected chi connectivity index (χ2v) is 6.85. The molecular weight excluding hydrogens is 354 g/mol. The van der Waals surface area contributed by atoms with Crippen LogP contribution in [0, 0.1) is 0 Å². The van der Waals surface area contributed by atoms with E-state index in [0.29, 0.717) is 23.4 Å². The molecule has 0 aliphatic carbocycles. The van der Waals surface area contributed by atoms with E-state index < -0.39 is 11.6 Å². The first-order valence-electron chi connectivity index (χ1n) is 8.99. The third-order valence-corrected chi connectivity index (χ3v) is 4.65. The number of ether oxygens (including phenoxy) is 2. The predicted molar refractivity (Wildman–Crippen MR) is 106 cm³/mol. The Kier molecular flexibility index (Phi) is 4.57. The SMILES string of the molecule is CC1(C(=O)Nc2ccc(Oc3ccccc3)cc2)Cc2ccccc2C(=O)O1. The van der Waals surface area contributed by atoms with Crippen LogP contribution >= 0.6 is 0 Å². The number of hydrogen-bond acceptors (Lipinski definition) is 4. The first kappa shape index (κ1) is 17.8. The number of benzene rings is 3. The third-order valence-electron chi connectivity index (χ3n) is 4.65. The van der Waals surface area contributed by atoms with Gasteiger partial charge in [0.2, 0.25) is 0 Å². The lowest BCUT2D eigenvalue weighted by Gasteiger charge is -2.33. The van der Waals surface area contributed by atoms with Crippen LogP contribution in [0.4, 0.5) is 5.69 Å². The van der Waals surface area contributed by atoms with Crippen molar-refractivity contribution in [2.75, 3.05) is 5.32 Å². The number of anilines is 1. The predicted octanol–water partition coefficient (Wildman–Crippen LogP) is 4.59. The number of carbonyl (C=O) groups is 2. The molecule has 5 heteroatoms. The van der Waals surface area contributed by atoms with Crippen LogP contribution in [0.15, 0.2) is 78.9 Å². The fourth-order valence-electron chi connectivity index (χ4n) is 3.15. The number of rotatable bonds is 4. The van der Waals surface area contributed by atoms with Gasteiger partial charge in [0.05, 0.1) is 5.56 Å². The minimum Gasteiger partial charge on any atom is -0.457 e. The van der Waals surface area contributed by atoms with E-state index in [1.807, 2.05) is 42.5 Å². The average Bonchev–Trinajstić information content (AvgIpc) is 2.70. The van der Waals surface area contributed by atoms with Crippen LogP contribution in [0.5, 0.6) is 11.5 Å². The summed E-state index contributed by atoms with van der Waals surface area (Å²) in [4.78, 5) is 25.1. The summed E-state index contributed by atoms with van der Waals surface area (Å²) in [6.07, 6.45) is 0.329. The molecule has 140 valence electrons. The molecule has 1 heterocycles. The number of para-hydroxylation sites is 1. The van der Waals surface area contributed by atoms with Crippen molar-refractivity contribution < 1.29 is 19.1 Å². The lowest BCUT2D eigenvalue weighted by molar-refractivity contribution is -0.134. The van der Waals surface area contributed by atoms with Crippen molar-refractivity contribution in [1.29, 1.82) is 0 Å². The fourth-order valence-corrected chi connectivity index (χ4v) is 3.15. The highest BCUT2D eigenvalue weighted by Gasteiger charge is 2.42. The molecule has 28 heavy (non-hydrogen) atoms. The summed E-state index contributed by atoms with van der Waals surface area (Å²) in [5, 5.41) is 2.82. The van der Waals surface area contributed by atoms with Crippen molar-refractivity contribution in [1.82, 2.24) is 0 Å². The van der Waals surface area contributed by atoms with E-state index in [1.54, 1.807) is 43.3 Å². The fraction of sp³-hybridized carbons (Fsp3) is 0.130. The molecule has 4 rings (SSSR count). The Labute approximate surface area is 162 Å². The Hall–Kier alpha value is -3.60. The van der Waals surface area contributed by atoms with E-state index in [1.165, 1.54) is 0 Å². The van der Waals surface area contributed by atoms with Gasteiger partial charge in [0, 0.05) is 12.1 Å². The number of carbonyl (C=O) groups excluding carboxylic acids is 2. The smallest absolute Gasteiger partial charge is 0.339 e. The molecule has 1 N–H and O–H groups in total. The van der Waals surface area contributed by atoms with Gasteiger partial charge in [-0.3, -0.25) is 4.79 Å². The average molecular weight is 373 g/mol. The number of nitrogens with one attached hydrogen (secondary N) is 1. The molecule has 0 saturated carbocycles. The molecule has 1 aliphatic heterocycles. The molecule has 0 radical (unpaired) electrons. The maximum absolute atomic E-state index is 12.8. The van der Waals surface area contributed by atoms with Crippen LogP contribution in [0.25, 0.3) is 0 Å². The van der Waals surface area contributed by atoms with Crippen molar-refractivity contribution in [3.05, 3.63) is 90.0 Å². The summed E-state index contributed by atoms with van der Waals surface area (Å²) in [6.45, 7) is 1.63. The van der Waals surface area contributed by atoms with Gasteiger partial charge in [0.25, 0.3) is 5.91 Å². The van der Waals surface area contributed by atoms with Crippen molar-refractivity contribution >= 4 is 17.6 Å². The van der Waals surface area contributed by atoms with Gasteiger partial charge < -0.3 is 14.8 Å². The molecule has 0 bridgehead atoms. The van der Waals surface area contributed by atoms with E-state index in [-0.39, 0.29) is 5.91 Å². The van der Waals surface area contributed by atoms with Crippen LogP contribution < -0.4 is 10.1 Å². The summed E-state index contributed by atoms with van der Waals surface area (Å²) in [5.41, 5.74) is 0.657. The van der Waals surface area contributed by atoms with Crippen LogP contribution in [0.1, 0.15) is 22.8 Å². The maximum atomic E-state index is 12.8. The molecule has 1 unspecified atom stereocenters. The Morgan fingerprint density at radius 1 is 0.929 bits per heavy atom. The number of hydrogen-bond donors (Lipinski definition) is 1. The molecule has 5 nitrogen and oxygen atoms in total. The first-order chi connectivity index (χ1) is 13.5. The number of amides is 1. The molecule has 1 atom stereocenters. The van der Waals surface area contributed by atoms with Crippen LogP contribution in [-0.4, -0.2) is 17.5 Å². The monoisotopic (exact) mass is 373 g/mol. The zero-order chi connectivity index (χ0) is 19.6. The Morgan fingerprint density at radius 2 is 1.57 bits per heavy atom. The first-order valence-corrected chi connectivity index (χ1v) is 8.99.